The monoisotopic (exact) mass is 557 g/mol. The van der Waals surface area contributed by atoms with Gasteiger partial charge >= 0.3 is 12.1 Å². The van der Waals surface area contributed by atoms with E-state index in [1.165, 1.54) is 0 Å². The number of rotatable bonds is 8. The molecule has 5 N–H and O–H groups in total. The quantitative estimate of drug-likeness (QED) is 0.380. The lowest BCUT2D eigenvalue weighted by Gasteiger charge is -2.31. The van der Waals surface area contributed by atoms with Gasteiger partial charge in [-0.2, -0.15) is 13.2 Å². The fourth-order valence-corrected chi connectivity index (χ4v) is 3.86. The maximum absolute atomic E-state index is 13.1. The molecule has 0 aliphatic carbocycles. The number of amides is 2. The van der Waals surface area contributed by atoms with Gasteiger partial charge in [-0.3, -0.25) is 9.59 Å². The summed E-state index contributed by atoms with van der Waals surface area (Å²) in [4.78, 5) is 36.3. The summed E-state index contributed by atoms with van der Waals surface area (Å²) < 4.78 is 37.4. The molecule has 39 heavy (non-hydrogen) atoms. The summed E-state index contributed by atoms with van der Waals surface area (Å²) in [6, 6.07) is 7.33. The molecule has 2 amide bonds. The van der Waals surface area contributed by atoms with E-state index in [0.29, 0.717) is 18.9 Å². The number of carboxylic acids is 1. The number of likely N-dealkylation sites (tertiary alicyclic amines) is 1. The second kappa shape index (κ2) is 13.5. The number of carboxylic acid groups (broad SMARTS) is 1. The number of carbonyl (C=O) groups is 3. The molecule has 2 unspecified atom stereocenters. The number of carbonyl (C=O) groups excluding carboxylic acids is 2. The van der Waals surface area contributed by atoms with Crippen LogP contribution in [0.5, 0.6) is 0 Å². The van der Waals surface area contributed by atoms with Crippen LogP contribution in [0.2, 0.25) is 0 Å². The van der Waals surface area contributed by atoms with Crippen molar-refractivity contribution in [1.29, 1.82) is 0 Å². The van der Waals surface area contributed by atoms with Crippen LogP contribution >= 0.6 is 0 Å². The Morgan fingerprint density at radius 2 is 1.69 bits per heavy atom. The summed E-state index contributed by atoms with van der Waals surface area (Å²) in [6.07, 6.45) is -4.98. The number of nitrogens with one attached hydrogen (secondary N) is 1. The Morgan fingerprint density at radius 1 is 1.10 bits per heavy atom. The van der Waals surface area contributed by atoms with Gasteiger partial charge in [0.25, 0.3) is 0 Å². The molecule has 3 rings (SSSR count). The molecular weight excluding hydrogens is 523 g/mol. The van der Waals surface area contributed by atoms with Gasteiger partial charge in [-0.25, -0.2) is 4.79 Å². The van der Waals surface area contributed by atoms with E-state index in [9.17, 15) is 27.9 Å². The summed E-state index contributed by atoms with van der Waals surface area (Å²) in [7, 11) is 0. The normalized spacial score (nSPS) is 17.8. The van der Waals surface area contributed by atoms with Crippen molar-refractivity contribution < 1.29 is 42.2 Å². The Balaban J connectivity index is 0.000000673. The molecule has 216 valence electrons. The third-order valence-electron chi connectivity index (χ3n) is 6.17. The molecule has 2 heterocycles. The van der Waals surface area contributed by atoms with Crippen LogP contribution in [-0.2, 0) is 14.4 Å². The lowest BCUT2D eigenvalue weighted by molar-refractivity contribution is -0.192. The van der Waals surface area contributed by atoms with Crippen molar-refractivity contribution >= 4 is 17.8 Å². The van der Waals surface area contributed by atoms with Gasteiger partial charge in [0, 0.05) is 12.1 Å². The molecule has 1 saturated heterocycles. The van der Waals surface area contributed by atoms with Gasteiger partial charge in [0.15, 0.2) is 6.10 Å². The van der Waals surface area contributed by atoms with Crippen molar-refractivity contribution in [2.24, 2.45) is 17.6 Å². The maximum Gasteiger partial charge on any atom is 0.490 e. The smallest absolute Gasteiger partial charge is 0.475 e. The van der Waals surface area contributed by atoms with Crippen LogP contribution < -0.4 is 11.1 Å². The number of nitrogens with zero attached hydrogens (tertiary/aromatic N) is 3. The summed E-state index contributed by atoms with van der Waals surface area (Å²) in [5, 5.41) is 29.0. The van der Waals surface area contributed by atoms with Gasteiger partial charge in [0.1, 0.15) is 6.04 Å². The largest absolute Gasteiger partial charge is 0.490 e. The van der Waals surface area contributed by atoms with E-state index in [1.807, 2.05) is 58.0 Å². The van der Waals surface area contributed by atoms with E-state index >= 15 is 0 Å². The molecule has 4 atom stereocenters. The molecule has 0 radical (unpaired) electrons. The standard InChI is InChI=1S/C23H33N5O4.C2HF3O2/c1-13(2)17(24)23(31)28-12-8-11-16(28)20(30)25-18(14(3)4)19(29)22-27-26-21(32-22)15-9-6-5-7-10-15;3-2(4,5)1(6)7/h5-7,9-10,13-14,16-19,29H,8,11-12,24H2,1-4H3,(H,25,30);(H,6,7)/t16-,17+,18?,19?;/m1./s1. The number of nitrogens with two attached hydrogens (primary N) is 1. The van der Waals surface area contributed by atoms with Crippen LogP contribution in [0, 0.1) is 11.8 Å². The first kappa shape index (κ1) is 31.7. The molecule has 2 aromatic rings. The van der Waals surface area contributed by atoms with Crippen molar-refractivity contribution in [3.05, 3.63) is 36.2 Å². The van der Waals surface area contributed by atoms with E-state index < -0.39 is 36.4 Å². The Bertz CT molecular complexity index is 1110. The summed E-state index contributed by atoms with van der Waals surface area (Å²) in [6.45, 7) is 8.03. The summed E-state index contributed by atoms with van der Waals surface area (Å²) in [5.41, 5.74) is 6.78. The molecule has 14 heteroatoms. The van der Waals surface area contributed by atoms with E-state index in [1.54, 1.807) is 4.90 Å². The van der Waals surface area contributed by atoms with Crippen LogP contribution in [-0.4, -0.2) is 73.9 Å². The number of aliphatic hydroxyl groups is 1. The minimum absolute atomic E-state index is 0.0200. The Hall–Kier alpha value is -3.52. The average Bonchev–Trinajstić information content (AvgIpc) is 3.56. The fraction of sp³-hybridized carbons (Fsp3) is 0.560. The highest BCUT2D eigenvalue weighted by Gasteiger charge is 2.40. The predicted molar refractivity (Wildman–Crippen MR) is 133 cm³/mol. The molecule has 1 aliphatic rings. The number of aliphatic hydroxyl groups excluding tert-OH is 1. The van der Waals surface area contributed by atoms with E-state index in [-0.39, 0.29) is 29.5 Å². The SMILES string of the molecule is CC(C)C(NC(=O)[C@H]1CCCN1C(=O)[C@@H](N)C(C)C)C(O)c1nnc(-c2ccccc2)o1.O=C(O)C(F)(F)F. The lowest BCUT2D eigenvalue weighted by atomic mass is 9.97. The van der Waals surface area contributed by atoms with Crippen molar-refractivity contribution in [3.8, 4) is 11.5 Å². The lowest BCUT2D eigenvalue weighted by Crippen LogP contribution is -2.55. The molecule has 0 saturated carbocycles. The van der Waals surface area contributed by atoms with Crippen LogP contribution in [0.15, 0.2) is 34.7 Å². The fourth-order valence-electron chi connectivity index (χ4n) is 3.86. The third kappa shape index (κ3) is 8.48. The first-order valence-electron chi connectivity index (χ1n) is 12.4. The zero-order chi connectivity index (χ0) is 29.5. The number of alkyl halides is 3. The number of hydrogen-bond donors (Lipinski definition) is 4. The first-order chi connectivity index (χ1) is 18.1. The molecule has 11 nitrogen and oxygen atoms in total. The second-order valence-electron chi connectivity index (χ2n) is 9.80. The van der Waals surface area contributed by atoms with E-state index in [4.69, 9.17) is 20.1 Å². The van der Waals surface area contributed by atoms with Crippen molar-refractivity contribution in [3.63, 3.8) is 0 Å². The average molecular weight is 558 g/mol. The summed E-state index contributed by atoms with van der Waals surface area (Å²) >= 11 is 0. The molecule has 0 bridgehead atoms. The molecule has 1 aromatic carbocycles. The number of aromatic nitrogens is 2. The molecule has 1 aliphatic heterocycles. The van der Waals surface area contributed by atoms with Gasteiger partial charge in [-0.1, -0.05) is 45.9 Å². The third-order valence-corrected chi connectivity index (χ3v) is 6.17. The Labute approximate surface area is 223 Å². The second-order valence-corrected chi connectivity index (χ2v) is 9.80. The predicted octanol–water partition coefficient (Wildman–Crippen LogP) is 2.52. The molecule has 1 aromatic heterocycles. The highest BCUT2D eigenvalue weighted by Crippen LogP contribution is 2.26. The number of halogens is 3. The Kier molecular flexibility index (Phi) is 11.0. The van der Waals surface area contributed by atoms with Crippen molar-refractivity contribution in [1.82, 2.24) is 20.4 Å². The summed E-state index contributed by atoms with van der Waals surface area (Å²) in [5.74, 6) is -3.10. The maximum atomic E-state index is 13.1. The van der Waals surface area contributed by atoms with Gasteiger partial charge in [-0.05, 0) is 36.8 Å². The van der Waals surface area contributed by atoms with Gasteiger partial charge < -0.3 is 30.6 Å². The van der Waals surface area contributed by atoms with Crippen LogP contribution in [0.25, 0.3) is 11.5 Å². The number of benzene rings is 1. The minimum atomic E-state index is -5.08. The van der Waals surface area contributed by atoms with Crippen LogP contribution in [0.3, 0.4) is 0 Å². The number of aliphatic carboxylic acids is 1. The highest BCUT2D eigenvalue weighted by atomic mass is 19.4. The van der Waals surface area contributed by atoms with E-state index in [2.05, 4.69) is 15.5 Å². The van der Waals surface area contributed by atoms with Crippen molar-refractivity contribution in [2.45, 2.75) is 70.9 Å². The zero-order valence-electron chi connectivity index (χ0n) is 22.1. The van der Waals surface area contributed by atoms with Crippen LogP contribution in [0.4, 0.5) is 13.2 Å². The van der Waals surface area contributed by atoms with Gasteiger partial charge in [0.2, 0.25) is 23.6 Å². The molecule has 1 fully saturated rings. The highest BCUT2D eigenvalue weighted by molar-refractivity contribution is 5.90. The van der Waals surface area contributed by atoms with Gasteiger partial charge in [0.05, 0.1) is 12.1 Å². The Morgan fingerprint density at radius 3 is 2.21 bits per heavy atom. The zero-order valence-corrected chi connectivity index (χ0v) is 22.1. The number of hydrogen-bond acceptors (Lipinski definition) is 8. The molecular formula is C25H34F3N5O6. The van der Waals surface area contributed by atoms with Crippen LogP contribution in [0.1, 0.15) is 52.5 Å². The van der Waals surface area contributed by atoms with E-state index in [0.717, 1.165) is 12.0 Å². The molecule has 0 spiro atoms. The topological polar surface area (TPSA) is 172 Å². The van der Waals surface area contributed by atoms with Crippen molar-refractivity contribution in [2.75, 3.05) is 6.54 Å². The first-order valence-corrected chi connectivity index (χ1v) is 12.4. The minimum Gasteiger partial charge on any atom is -0.475 e. The van der Waals surface area contributed by atoms with Gasteiger partial charge in [-0.15, -0.1) is 10.2 Å².